The van der Waals surface area contributed by atoms with Crippen molar-refractivity contribution in [1.29, 1.82) is 0 Å². The molecule has 1 saturated heterocycles. The van der Waals surface area contributed by atoms with Gasteiger partial charge in [-0.25, -0.2) is 4.79 Å². The number of carbonyl (C=O) groups excluding carboxylic acids is 1. The summed E-state index contributed by atoms with van der Waals surface area (Å²) in [6, 6.07) is 0. The van der Waals surface area contributed by atoms with Gasteiger partial charge in [0.05, 0.1) is 6.54 Å². The van der Waals surface area contributed by atoms with Gasteiger partial charge in [-0.2, -0.15) is 0 Å². The lowest BCUT2D eigenvalue weighted by molar-refractivity contribution is 0.160. The molecule has 1 N–H and O–H groups in total. The van der Waals surface area contributed by atoms with Crippen molar-refractivity contribution >= 4 is 6.09 Å². The van der Waals surface area contributed by atoms with Crippen LogP contribution >= 0.6 is 0 Å². The van der Waals surface area contributed by atoms with Crippen LogP contribution < -0.4 is 5.32 Å². The third-order valence-corrected chi connectivity index (χ3v) is 1.69. The lowest BCUT2D eigenvalue weighted by atomic mass is 10.3. The molecule has 0 radical (unpaired) electrons. The van der Waals surface area contributed by atoms with Gasteiger partial charge in [0.2, 0.25) is 0 Å². The molecule has 68 valence electrons. The van der Waals surface area contributed by atoms with E-state index >= 15 is 0 Å². The fraction of sp³-hybridized carbons (Fsp3) is 0.625. The van der Waals surface area contributed by atoms with Gasteiger partial charge in [-0.3, -0.25) is 0 Å². The summed E-state index contributed by atoms with van der Waals surface area (Å²) in [4.78, 5) is 12.6. The highest BCUT2D eigenvalue weighted by Gasteiger charge is 2.21. The highest BCUT2D eigenvalue weighted by Crippen LogP contribution is 2.05. The Morgan fingerprint density at radius 3 is 3.08 bits per heavy atom. The summed E-state index contributed by atoms with van der Waals surface area (Å²) in [6.07, 6.45) is -0.229. The fourth-order valence-electron chi connectivity index (χ4n) is 1.15. The summed E-state index contributed by atoms with van der Waals surface area (Å²) in [5.74, 6) is 0. The zero-order chi connectivity index (χ0) is 8.97. The molecule has 0 aromatic heterocycles. The molecule has 1 aliphatic heterocycles. The van der Waals surface area contributed by atoms with Crippen molar-refractivity contribution in [2.45, 2.75) is 0 Å². The van der Waals surface area contributed by atoms with E-state index in [1.165, 1.54) is 0 Å². The summed E-state index contributed by atoms with van der Waals surface area (Å²) in [7, 11) is 1.85. The summed E-state index contributed by atoms with van der Waals surface area (Å²) in [6.45, 7) is 6.35. The quantitative estimate of drug-likeness (QED) is 0.613. The SMILES string of the molecule is C=C(CNC)CN1CCOC1=O. The van der Waals surface area contributed by atoms with Crippen molar-refractivity contribution in [3.05, 3.63) is 12.2 Å². The molecule has 1 fully saturated rings. The fourth-order valence-corrected chi connectivity index (χ4v) is 1.15. The summed E-state index contributed by atoms with van der Waals surface area (Å²) >= 11 is 0. The zero-order valence-corrected chi connectivity index (χ0v) is 7.30. The van der Waals surface area contributed by atoms with Gasteiger partial charge in [-0.15, -0.1) is 0 Å². The molecule has 0 saturated carbocycles. The van der Waals surface area contributed by atoms with E-state index in [-0.39, 0.29) is 6.09 Å². The van der Waals surface area contributed by atoms with Crippen molar-refractivity contribution in [2.24, 2.45) is 0 Å². The van der Waals surface area contributed by atoms with Gasteiger partial charge in [0.15, 0.2) is 0 Å². The summed E-state index contributed by atoms with van der Waals surface area (Å²) in [5, 5.41) is 2.98. The van der Waals surface area contributed by atoms with Gasteiger partial charge in [-0.1, -0.05) is 6.58 Å². The normalized spacial score (nSPS) is 16.4. The predicted molar refractivity (Wildman–Crippen MR) is 46.0 cm³/mol. The van der Waals surface area contributed by atoms with Crippen LogP contribution in [0.15, 0.2) is 12.2 Å². The summed E-state index contributed by atoms with van der Waals surface area (Å²) in [5.41, 5.74) is 0.997. The van der Waals surface area contributed by atoms with Crippen molar-refractivity contribution in [3.8, 4) is 0 Å². The number of likely N-dealkylation sites (N-methyl/N-ethyl adjacent to an activating group) is 1. The monoisotopic (exact) mass is 170 g/mol. The maximum atomic E-state index is 11.0. The molecule has 0 spiro atoms. The number of amides is 1. The number of nitrogens with one attached hydrogen (secondary N) is 1. The first kappa shape index (κ1) is 9.06. The molecule has 1 aliphatic rings. The van der Waals surface area contributed by atoms with Crippen LogP contribution in [0.1, 0.15) is 0 Å². The molecule has 1 rings (SSSR count). The molecule has 12 heavy (non-hydrogen) atoms. The number of hydrogen-bond donors (Lipinski definition) is 1. The Morgan fingerprint density at radius 1 is 1.83 bits per heavy atom. The van der Waals surface area contributed by atoms with Gasteiger partial charge in [0.1, 0.15) is 6.61 Å². The van der Waals surface area contributed by atoms with E-state index in [1.807, 2.05) is 7.05 Å². The minimum atomic E-state index is -0.229. The minimum Gasteiger partial charge on any atom is -0.448 e. The van der Waals surface area contributed by atoms with E-state index in [9.17, 15) is 4.79 Å². The maximum Gasteiger partial charge on any atom is 0.410 e. The van der Waals surface area contributed by atoms with Crippen molar-refractivity contribution in [2.75, 3.05) is 33.3 Å². The van der Waals surface area contributed by atoms with Gasteiger partial charge in [0.25, 0.3) is 0 Å². The maximum absolute atomic E-state index is 11.0. The van der Waals surface area contributed by atoms with E-state index in [0.717, 1.165) is 12.1 Å². The zero-order valence-electron chi connectivity index (χ0n) is 7.30. The van der Waals surface area contributed by atoms with E-state index in [0.29, 0.717) is 19.7 Å². The van der Waals surface area contributed by atoms with Gasteiger partial charge >= 0.3 is 6.09 Å². The Kier molecular flexibility index (Phi) is 3.10. The minimum absolute atomic E-state index is 0.229. The van der Waals surface area contributed by atoms with Crippen LogP contribution in [0, 0.1) is 0 Å². The first-order valence-electron chi connectivity index (χ1n) is 3.97. The Balaban J connectivity index is 2.30. The van der Waals surface area contributed by atoms with E-state index < -0.39 is 0 Å². The molecular weight excluding hydrogens is 156 g/mol. The van der Waals surface area contributed by atoms with Gasteiger partial charge in [-0.05, 0) is 12.6 Å². The van der Waals surface area contributed by atoms with Crippen LogP contribution in [-0.4, -0.2) is 44.3 Å². The third kappa shape index (κ3) is 2.23. The topological polar surface area (TPSA) is 41.6 Å². The number of hydrogen-bond acceptors (Lipinski definition) is 3. The molecule has 0 unspecified atom stereocenters. The van der Waals surface area contributed by atoms with Crippen LogP contribution in [0.2, 0.25) is 0 Å². The first-order chi connectivity index (χ1) is 5.74. The van der Waals surface area contributed by atoms with Gasteiger partial charge in [0, 0.05) is 13.1 Å². The molecule has 4 heteroatoms. The van der Waals surface area contributed by atoms with E-state index in [2.05, 4.69) is 11.9 Å². The van der Waals surface area contributed by atoms with Crippen molar-refractivity contribution < 1.29 is 9.53 Å². The third-order valence-electron chi connectivity index (χ3n) is 1.69. The second kappa shape index (κ2) is 4.11. The van der Waals surface area contributed by atoms with Crippen LogP contribution in [0.5, 0.6) is 0 Å². The lowest BCUT2D eigenvalue weighted by Crippen LogP contribution is -2.28. The van der Waals surface area contributed by atoms with Crippen LogP contribution in [0.4, 0.5) is 4.79 Å². The molecule has 0 atom stereocenters. The highest BCUT2D eigenvalue weighted by molar-refractivity contribution is 5.69. The number of rotatable bonds is 4. The highest BCUT2D eigenvalue weighted by atomic mass is 16.6. The number of nitrogens with zero attached hydrogens (tertiary/aromatic N) is 1. The molecule has 0 bridgehead atoms. The lowest BCUT2D eigenvalue weighted by Gasteiger charge is -2.13. The smallest absolute Gasteiger partial charge is 0.410 e. The first-order valence-corrected chi connectivity index (χ1v) is 3.97. The number of cyclic esters (lactones) is 1. The largest absolute Gasteiger partial charge is 0.448 e. The molecule has 0 aromatic rings. The number of carbonyl (C=O) groups is 1. The van der Waals surface area contributed by atoms with E-state index in [4.69, 9.17) is 4.74 Å². The van der Waals surface area contributed by atoms with Crippen molar-refractivity contribution in [3.63, 3.8) is 0 Å². The standard InChI is InChI=1S/C8H14N2O2/c1-7(5-9-2)6-10-3-4-12-8(10)11/h9H,1,3-6H2,2H3. The second-order valence-corrected chi connectivity index (χ2v) is 2.82. The molecular formula is C8H14N2O2. The second-order valence-electron chi connectivity index (χ2n) is 2.82. The predicted octanol–water partition coefficient (Wildman–Crippen LogP) is 0.214. The Morgan fingerprint density at radius 2 is 2.58 bits per heavy atom. The molecule has 1 heterocycles. The summed E-state index contributed by atoms with van der Waals surface area (Å²) < 4.78 is 4.77. The van der Waals surface area contributed by atoms with Crippen molar-refractivity contribution in [1.82, 2.24) is 10.2 Å². The van der Waals surface area contributed by atoms with Crippen LogP contribution in [-0.2, 0) is 4.74 Å². The average Bonchev–Trinajstić information content (AvgIpc) is 2.37. The molecule has 4 nitrogen and oxygen atoms in total. The molecule has 1 amide bonds. The number of ether oxygens (including phenoxy) is 1. The Hall–Kier alpha value is -1.03. The molecule has 0 aromatic carbocycles. The molecule has 0 aliphatic carbocycles. The van der Waals surface area contributed by atoms with Gasteiger partial charge < -0.3 is 15.0 Å². The van der Waals surface area contributed by atoms with E-state index in [1.54, 1.807) is 4.90 Å². The van der Waals surface area contributed by atoms with Crippen LogP contribution in [0.25, 0.3) is 0 Å². The Labute approximate surface area is 72.2 Å². The van der Waals surface area contributed by atoms with Crippen LogP contribution in [0.3, 0.4) is 0 Å². The average molecular weight is 170 g/mol. The Bertz CT molecular complexity index is 191.